The molecule has 2 amide bonds. The standard InChI is InChI=1S/C10H14N4O5S/c1-5(15)7-2-6(14(18)19)10(20-7)13(3-8(11)16)4-9(12)17/h2,5,15H,3-4H2,1H3,(H2,11,16)(H2,12,17). The summed E-state index contributed by atoms with van der Waals surface area (Å²) in [5.41, 5.74) is 9.79. The van der Waals surface area contributed by atoms with Gasteiger partial charge >= 0.3 is 5.69 Å². The number of rotatable bonds is 7. The van der Waals surface area contributed by atoms with Crippen LogP contribution in [0.4, 0.5) is 10.7 Å². The molecule has 0 aliphatic rings. The van der Waals surface area contributed by atoms with E-state index in [-0.39, 0.29) is 23.8 Å². The topological polar surface area (TPSA) is 153 Å². The molecule has 0 saturated heterocycles. The minimum atomic E-state index is -0.906. The van der Waals surface area contributed by atoms with Crippen molar-refractivity contribution in [3.63, 3.8) is 0 Å². The lowest BCUT2D eigenvalue weighted by Crippen LogP contribution is -2.39. The number of aliphatic hydroxyl groups is 1. The van der Waals surface area contributed by atoms with E-state index in [2.05, 4.69) is 0 Å². The highest BCUT2D eigenvalue weighted by molar-refractivity contribution is 7.16. The third kappa shape index (κ3) is 3.90. The molecule has 0 aliphatic heterocycles. The van der Waals surface area contributed by atoms with E-state index >= 15 is 0 Å². The molecule has 1 unspecified atom stereocenters. The van der Waals surface area contributed by atoms with E-state index in [4.69, 9.17) is 11.5 Å². The summed E-state index contributed by atoms with van der Waals surface area (Å²) < 4.78 is 0. The van der Waals surface area contributed by atoms with Crippen molar-refractivity contribution in [2.24, 2.45) is 11.5 Å². The molecule has 0 aliphatic carbocycles. The number of primary amides is 2. The zero-order valence-corrected chi connectivity index (χ0v) is 11.4. The molecule has 9 nitrogen and oxygen atoms in total. The average Bonchev–Trinajstić information content (AvgIpc) is 2.71. The molecule has 5 N–H and O–H groups in total. The maximum absolute atomic E-state index is 11.0. The van der Waals surface area contributed by atoms with Gasteiger partial charge in [0.2, 0.25) is 11.8 Å². The van der Waals surface area contributed by atoms with Crippen molar-refractivity contribution >= 4 is 33.8 Å². The Labute approximate surface area is 117 Å². The highest BCUT2D eigenvalue weighted by Crippen LogP contribution is 2.39. The van der Waals surface area contributed by atoms with Gasteiger partial charge in [0.1, 0.15) is 0 Å². The van der Waals surface area contributed by atoms with Crippen LogP contribution in [-0.2, 0) is 9.59 Å². The summed E-state index contributed by atoms with van der Waals surface area (Å²) in [6, 6.07) is 1.19. The molecule has 110 valence electrons. The monoisotopic (exact) mass is 302 g/mol. The molecule has 1 aromatic rings. The highest BCUT2D eigenvalue weighted by Gasteiger charge is 2.27. The number of amides is 2. The van der Waals surface area contributed by atoms with Gasteiger partial charge in [0.05, 0.1) is 24.1 Å². The number of aliphatic hydroxyl groups excluding tert-OH is 1. The maximum Gasteiger partial charge on any atom is 0.304 e. The molecular formula is C10H14N4O5S. The van der Waals surface area contributed by atoms with Gasteiger partial charge in [-0.05, 0) is 6.92 Å². The molecule has 1 atom stereocenters. The third-order valence-electron chi connectivity index (χ3n) is 2.30. The van der Waals surface area contributed by atoms with E-state index in [1.165, 1.54) is 13.0 Å². The van der Waals surface area contributed by atoms with E-state index in [0.717, 1.165) is 16.2 Å². The van der Waals surface area contributed by atoms with Crippen LogP contribution in [0.2, 0.25) is 0 Å². The Morgan fingerprint density at radius 2 is 1.95 bits per heavy atom. The van der Waals surface area contributed by atoms with Crippen LogP contribution in [0.15, 0.2) is 6.07 Å². The summed E-state index contributed by atoms with van der Waals surface area (Å²) in [7, 11) is 0. The molecule has 0 fully saturated rings. The minimum Gasteiger partial charge on any atom is -0.388 e. The van der Waals surface area contributed by atoms with Gasteiger partial charge in [-0.2, -0.15) is 0 Å². The second-order valence-corrected chi connectivity index (χ2v) is 5.12. The van der Waals surface area contributed by atoms with Crippen molar-refractivity contribution in [2.75, 3.05) is 18.0 Å². The first kappa shape index (κ1) is 15.9. The van der Waals surface area contributed by atoms with Crippen molar-refractivity contribution < 1.29 is 19.6 Å². The number of nitro groups is 1. The largest absolute Gasteiger partial charge is 0.388 e. The summed E-state index contributed by atoms with van der Waals surface area (Å²) in [4.78, 5) is 33.8. The van der Waals surface area contributed by atoms with Gasteiger partial charge in [0.15, 0.2) is 5.00 Å². The lowest BCUT2D eigenvalue weighted by atomic mass is 10.3. The molecule has 20 heavy (non-hydrogen) atoms. The molecule has 0 spiro atoms. The van der Waals surface area contributed by atoms with Crippen LogP contribution in [0.5, 0.6) is 0 Å². The van der Waals surface area contributed by atoms with Gasteiger partial charge in [0.25, 0.3) is 0 Å². The third-order valence-corrected chi connectivity index (χ3v) is 3.66. The van der Waals surface area contributed by atoms with Gasteiger partial charge < -0.3 is 21.5 Å². The van der Waals surface area contributed by atoms with Crippen LogP contribution < -0.4 is 16.4 Å². The number of nitrogens with two attached hydrogens (primary N) is 2. The Morgan fingerprint density at radius 1 is 1.45 bits per heavy atom. The molecular weight excluding hydrogens is 288 g/mol. The molecule has 0 aromatic carbocycles. The van der Waals surface area contributed by atoms with Crippen molar-refractivity contribution in [1.29, 1.82) is 0 Å². The average molecular weight is 302 g/mol. The predicted molar refractivity (Wildman–Crippen MR) is 72.2 cm³/mol. The molecule has 1 heterocycles. The number of hydrogen-bond donors (Lipinski definition) is 3. The summed E-state index contributed by atoms with van der Waals surface area (Å²) in [6.45, 7) is 0.679. The van der Waals surface area contributed by atoms with Crippen LogP contribution in [0.3, 0.4) is 0 Å². The van der Waals surface area contributed by atoms with Crippen LogP contribution in [0, 0.1) is 10.1 Å². The summed E-state index contributed by atoms with van der Waals surface area (Å²) in [5.74, 6) is -1.51. The Morgan fingerprint density at radius 3 is 2.30 bits per heavy atom. The fraction of sp³-hybridized carbons (Fsp3) is 0.400. The van der Waals surface area contributed by atoms with E-state index < -0.39 is 22.8 Å². The summed E-state index contributed by atoms with van der Waals surface area (Å²) in [6.07, 6.45) is -0.906. The quantitative estimate of drug-likeness (QED) is 0.455. The van der Waals surface area contributed by atoms with Crippen molar-refractivity contribution in [3.8, 4) is 0 Å². The first-order chi connectivity index (χ1) is 9.22. The SMILES string of the molecule is CC(O)c1cc([N+](=O)[O-])c(N(CC(N)=O)CC(N)=O)s1. The Balaban J connectivity index is 3.25. The number of anilines is 1. The smallest absolute Gasteiger partial charge is 0.304 e. The second kappa shape index (κ2) is 6.30. The van der Waals surface area contributed by atoms with Crippen LogP contribution in [0.1, 0.15) is 17.9 Å². The fourth-order valence-corrected chi connectivity index (χ4v) is 2.59. The molecule has 0 saturated carbocycles. The number of carbonyl (C=O) groups is 2. The first-order valence-electron chi connectivity index (χ1n) is 5.50. The van der Waals surface area contributed by atoms with Gasteiger partial charge in [-0.15, -0.1) is 11.3 Å². The number of carbonyl (C=O) groups excluding carboxylic acids is 2. The lowest BCUT2D eigenvalue weighted by Gasteiger charge is -2.18. The predicted octanol–water partition coefficient (Wildman–Crippen LogP) is -0.513. The van der Waals surface area contributed by atoms with E-state index in [9.17, 15) is 24.8 Å². The Kier molecular flexibility index (Phi) is 5.00. The maximum atomic E-state index is 11.0. The zero-order valence-electron chi connectivity index (χ0n) is 10.6. The second-order valence-electron chi connectivity index (χ2n) is 4.06. The molecule has 1 rings (SSSR count). The number of thiophene rings is 1. The van der Waals surface area contributed by atoms with Crippen LogP contribution in [-0.4, -0.2) is 34.9 Å². The van der Waals surface area contributed by atoms with Crippen LogP contribution in [0.25, 0.3) is 0 Å². The molecule has 0 radical (unpaired) electrons. The van der Waals surface area contributed by atoms with E-state index in [0.29, 0.717) is 4.88 Å². The Hall–Kier alpha value is -2.20. The lowest BCUT2D eigenvalue weighted by molar-refractivity contribution is -0.383. The number of hydrogen-bond acceptors (Lipinski definition) is 7. The van der Waals surface area contributed by atoms with Crippen molar-refractivity contribution in [2.45, 2.75) is 13.0 Å². The van der Waals surface area contributed by atoms with Crippen molar-refractivity contribution in [1.82, 2.24) is 0 Å². The van der Waals surface area contributed by atoms with Gasteiger partial charge in [-0.1, -0.05) is 0 Å². The van der Waals surface area contributed by atoms with Gasteiger partial charge in [0, 0.05) is 10.9 Å². The first-order valence-corrected chi connectivity index (χ1v) is 6.31. The highest BCUT2D eigenvalue weighted by atomic mass is 32.1. The van der Waals surface area contributed by atoms with Gasteiger partial charge in [-0.25, -0.2) is 0 Å². The minimum absolute atomic E-state index is 0.0588. The number of nitrogens with zero attached hydrogens (tertiary/aromatic N) is 2. The normalized spacial score (nSPS) is 11.9. The summed E-state index contributed by atoms with van der Waals surface area (Å²) >= 11 is 0.907. The molecule has 0 bridgehead atoms. The van der Waals surface area contributed by atoms with E-state index in [1.807, 2.05) is 0 Å². The van der Waals surface area contributed by atoms with E-state index in [1.54, 1.807) is 0 Å². The fourth-order valence-electron chi connectivity index (χ4n) is 1.53. The zero-order chi connectivity index (χ0) is 15.4. The Bertz CT molecular complexity index is 526. The van der Waals surface area contributed by atoms with Crippen LogP contribution >= 0.6 is 11.3 Å². The van der Waals surface area contributed by atoms with Crippen molar-refractivity contribution in [3.05, 3.63) is 21.1 Å². The molecule has 1 aromatic heterocycles. The van der Waals surface area contributed by atoms with Gasteiger partial charge in [-0.3, -0.25) is 19.7 Å². The molecule has 10 heteroatoms. The summed E-state index contributed by atoms with van der Waals surface area (Å²) in [5, 5.41) is 20.5.